The highest BCUT2D eigenvalue weighted by Crippen LogP contribution is 2.25. The summed E-state index contributed by atoms with van der Waals surface area (Å²) in [5, 5.41) is 3.04. The number of thiazole rings is 1. The topological polar surface area (TPSA) is 52.1 Å². The van der Waals surface area contributed by atoms with Crippen LogP contribution in [0.25, 0.3) is 11.3 Å². The second-order valence-electron chi connectivity index (χ2n) is 6.08. The Kier molecular flexibility index (Phi) is 5.46. The predicted octanol–water partition coefficient (Wildman–Crippen LogP) is 6.08. The Balaban J connectivity index is 1.41. The van der Waals surface area contributed by atoms with Gasteiger partial charge in [0, 0.05) is 34.8 Å². The molecule has 0 unspecified atom stereocenters. The van der Waals surface area contributed by atoms with Crippen LogP contribution in [0.1, 0.15) is 15.4 Å². The zero-order valence-electron chi connectivity index (χ0n) is 14.7. The number of rotatable bonds is 6. The van der Waals surface area contributed by atoms with Crippen LogP contribution in [-0.2, 0) is 6.42 Å². The van der Waals surface area contributed by atoms with E-state index < -0.39 is 0 Å². The van der Waals surface area contributed by atoms with Crippen LogP contribution in [0.3, 0.4) is 0 Å². The first-order valence-corrected chi connectivity index (χ1v) is 9.84. The van der Waals surface area contributed by atoms with Gasteiger partial charge in [-0.2, -0.15) is 0 Å². The lowest BCUT2D eigenvalue weighted by atomic mass is 10.1. The summed E-state index contributed by atoms with van der Waals surface area (Å²) < 4.78 is 5.77. The quantitative estimate of drug-likeness (QED) is 0.364. The van der Waals surface area contributed by atoms with Crippen LogP contribution in [0.2, 0.25) is 5.02 Å². The fourth-order valence-electron chi connectivity index (χ4n) is 2.62. The van der Waals surface area contributed by atoms with Crippen molar-refractivity contribution in [3.8, 4) is 22.8 Å². The summed E-state index contributed by atoms with van der Waals surface area (Å²) in [6, 6.07) is 18.4. The van der Waals surface area contributed by atoms with Crippen LogP contribution in [-0.4, -0.2) is 15.8 Å². The lowest BCUT2D eigenvalue weighted by molar-refractivity contribution is 0.0992. The summed E-state index contributed by atoms with van der Waals surface area (Å²) in [7, 11) is 0. The average molecular weight is 407 g/mol. The second kappa shape index (κ2) is 8.33. The molecule has 6 heteroatoms. The van der Waals surface area contributed by atoms with Gasteiger partial charge in [0.15, 0.2) is 10.8 Å². The monoisotopic (exact) mass is 406 g/mol. The van der Waals surface area contributed by atoms with E-state index in [2.05, 4.69) is 9.97 Å². The molecule has 0 aliphatic heterocycles. The number of hydrogen-bond donors (Lipinski definition) is 0. The third-order valence-corrected chi connectivity index (χ3v) is 5.17. The SMILES string of the molecule is O=C(Cc1ccc(Oc2ccc(Cl)cc2)cc1)c1nc(-c2cccnc2)cs1. The van der Waals surface area contributed by atoms with Gasteiger partial charge in [-0.3, -0.25) is 9.78 Å². The number of benzene rings is 2. The van der Waals surface area contributed by atoms with E-state index >= 15 is 0 Å². The van der Waals surface area contributed by atoms with Gasteiger partial charge in [-0.25, -0.2) is 4.98 Å². The predicted molar refractivity (Wildman–Crippen MR) is 111 cm³/mol. The van der Waals surface area contributed by atoms with Crippen molar-refractivity contribution in [3.63, 3.8) is 0 Å². The van der Waals surface area contributed by atoms with E-state index in [0.29, 0.717) is 28.0 Å². The molecule has 2 aromatic heterocycles. The first-order valence-electron chi connectivity index (χ1n) is 8.59. The van der Waals surface area contributed by atoms with Gasteiger partial charge in [0.25, 0.3) is 0 Å². The highest BCUT2D eigenvalue weighted by molar-refractivity contribution is 7.12. The summed E-state index contributed by atoms with van der Waals surface area (Å²) in [4.78, 5) is 21.1. The molecule has 0 aliphatic rings. The Hall–Kier alpha value is -3.02. The zero-order valence-corrected chi connectivity index (χ0v) is 16.3. The molecule has 0 bridgehead atoms. The Morgan fingerprint density at radius 3 is 2.39 bits per heavy atom. The van der Waals surface area contributed by atoms with Gasteiger partial charge in [-0.15, -0.1) is 11.3 Å². The molecule has 0 fully saturated rings. The Labute approximate surface area is 171 Å². The fraction of sp³-hybridized carbons (Fsp3) is 0.0455. The van der Waals surface area contributed by atoms with Gasteiger partial charge < -0.3 is 4.74 Å². The van der Waals surface area contributed by atoms with Crippen molar-refractivity contribution >= 4 is 28.7 Å². The van der Waals surface area contributed by atoms with Gasteiger partial charge >= 0.3 is 0 Å². The van der Waals surface area contributed by atoms with Crippen LogP contribution >= 0.6 is 22.9 Å². The normalized spacial score (nSPS) is 10.6. The molecule has 0 aliphatic carbocycles. The van der Waals surface area contributed by atoms with Crippen molar-refractivity contribution in [1.82, 2.24) is 9.97 Å². The smallest absolute Gasteiger partial charge is 0.195 e. The van der Waals surface area contributed by atoms with Gasteiger partial charge in [-0.1, -0.05) is 23.7 Å². The van der Waals surface area contributed by atoms with Crippen molar-refractivity contribution in [3.05, 3.63) is 94.0 Å². The maximum absolute atomic E-state index is 12.6. The van der Waals surface area contributed by atoms with Crippen LogP contribution in [0.5, 0.6) is 11.5 Å². The third kappa shape index (κ3) is 4.44. The van der Waals surface area contributed by atoms with Crippen LogP contribution in [0.4, 0.5) is 0 Å². The minimum Gasteiger partial charge on any atom is -0.457 e. The summed E-state index contributed by atoms with van der Waals surface area (Å²) in [5.74, 6) is 1.40. The van der Waals surface area contributed by atoms with E-state index in [1.807, 2.05) is 53.9 Å². The molecule has 138 valence electrons. The standard InChI is InChI=1S/C22H15ClN2O2S/c23-17-5-9-19(10-6-17)27-18-7-3-15(4-8-18)12-21(26)22-25-20(14-28-22)16-2-1-11-24-13-16/h1-11,13-14H,12H2. The molecule has 4 aromatic rings. The number of hydrogen-bond acceptors (Lipinski definition) is 5. The van der Waals surface area contributed by atoms with E-state index in [4.69, 9.17) is 16.3 Å². The van der Waals surface area contributed by atoms with Crippen LogP contribution in [0, 0.1) is 0 Å². The minimum absolute atomic E-state index is 0.00786. The number of carbonyl (C=O) groups excluding carboxylic acids is 1. The Morgan fingerprint density at radius 1 is 1.00 bits per heavy atom. The van der Waals surface area contributed by atoms with Gasteiger partial charge in [-0.05, 0) is 54.1 Å². The van der Waals surface area contributed by atoms with E-state index in [0.717, 1.165) is 16.8 Å². The van der Waals surface area contributed by atoms with E-state index in [1.54, 1.807) is 24.5 Å². The molecule has 0 atom stereocenters. The van der Waals surface area contributed by atoms with Gasteiger partial charge in [0.2, 0.25) is 0 Å². The zero-order chi connectivity index (χ0) is 19.3. The van der Waals surface area contributed by atoms with Crippen molar-refractivity contribution in [2.75, 3.05) is 0 Å². The van der Waals surface area contributed by atoms with E-state index in [9.17, 15) is 4.79 Å². The molecule has 0 saturated carbocycles. The first-order chi connectivity index (χ1) is 13.7. The Bertz CT molecular complexity index is 1080. The van der Waals surface area contributed by atoms with Gasteiger partial charge in [0.05, 0.1) is 5.69 Å². The summed E-state index contributed by atoms with van der Waals surface area (Å²) in [6.07, 6.45) is 3.74. The molecule has 4 rings (SSSR count). The van der Waals surface area contributed by atoms with Crippen molar-refractivity contribution < 1.29 is 9.53 Å². The molecule has 0 saturated heterocycles. The number of aromatic nitrogens is 2. The fourth-order valence-corrected chi connectivity index (χ4v) is 3.52. The second-order valence-corrected chi connectivity index (χ2v) is 7.37. The molecular weight excluding hydrogens is 392 g/mol. The summed E-state index contributed by atoms with van der Waals surface area (Å²) >= 11 is 7.23. The largest absolute Gasteiger partial charge is 0.457 e. The lowest BCUT2D eigenvalue weighted by Gasteiger charge is -2.06. The maximum Gasteiger partial charge on any atom is 0.195 e. The molecule has 0 spiro atoms. The molecular formula is C22H15ClN2O2S. The summed E-state index contributed by atoms with van der Waals surface area (Å²) in [5.41, 5.74) is 2.58. The Morgan fingerprint density at radius 2 is 1.71 bits per heavy atom. The number of nitrogens with zero attached hydrogens (tertiary/aromatic N) is 2. The number of Topliss-reactive ketones (excluding diaryl/α,β-unsaturated/α-hetero) is 1. The number of carbonyl (C=O) groups is 1. The first kappa shape index (κ1) is 18.3. The lowest BCUT2D eigenvalue weighted by Crippen LogP contribution is -2.03. The minimum atomic E-state index is -0.00786. The van der Waals surface area contributed by atoms with Crippen molar-refractivity contribution in [2.24, 2.45) is 0 Å². The third-order valence-electron chi connectivity index (χ3n) is 4.04. The molecule has 2 heterocycles. The molecule has 0 radical (unpaired) electrons. The van der Waals surface area contributed by atoms with Crippen molar-refractivity contribution in [1.29, 1.82) is 0 Å². The van der Waals surface area contributed by atoms with Crippen LogP contribution < -0.4 is 4.74 Å². The van der Waals surface area contributed by atoms with Crippen molar-refractivity contribution in [2.45, 2.75) is 6.42 Å². The van der Waals surface area contributed by atoms with E-state index in [1.165, 1.54) is 11.3 Å². The molecule has 2 aromatic carbocycles. The molecule has 0 N–H and O–H groups in total. The number of ketones is 1. The van der Waals surface area contributed by atoms with Gasteiger partial charge in [0.1, 0.15) is 11.5 Å². The molecule has 4 nitrogen and oxygen atoms in total. The molecule has 28 heavy (non-hydrogen) atoms. The van der Waals surface area contributed by atoms with E-state index in [-0.39, 0.29) is 5.78 Å². The maximum atomic E-state index is 12.6. The van der Waals surface area contributed by atoms with Crippen LogP contribution in [0.15, 0.2) is 78.4 Å². The average Bonchev–Trinajstić information content (AvgIpc) is 3.22. The summed E-state index contributed by atoms with van der Waals surface area (Å²) in [6.45, 7) is 0. The highest BCUT2D eigenvalue weighted by atomic mass is 35.5. The highest BCUT2D eigenvalue weighted by Gasteiger charge is 2.13. The molecule has 0 amide bonds. The number of halogens is 1. The number of ether oxygens (including phenoxy) is 1. The number of pyridine rings is 1.